The van der Waals surface area contributed by atoms with Crippen molar-refractivity contribution in [3.63, 3.8) is 0 Å². The van der Waals surface area contributed by atoms with E-state index in [0.29, 0.717) is 11.5 Å². The van der Waals surface area contributed by atoms with Gasteiger partial charge in [0.2, 0.25) is 5.91 Å². The molecule has 3 rings (SSSR count). The Morgan fingerprint density at radius 3 is 2.90 bits per heavy atom. The lowest BCUT2D eigenvalue weighted by molar-refractivity contribution is 0.100. The first-order valence-corrected chi connectivity index (χ1v) is 7.17. The molecule has 5 heteroatoms. The summed E-state index contributed by atoms with van der Waals surface area (Å²) < 4.78 is 0. The third-order valence-corrected chi connectivity index (χ3v) is 3.83. The molecule has 0 unspecified atom stereocenters. The normalized spacial score (nSPS) is 18.4. The monoisotopic (exact) mass is 282 g/mol. The van der Waals surface area contributed by atoms with Crippen LogP contribution in [0, 0.1) is 0 Å². The second-order valence-corrected chi connectivity index (χ2v) is 5.28. The highest BCUT2D eigenvalue weighted by molar-refractivity contribution is 5.94. The van der Waals surface area contributed by atoms with E-state index in [2.05, 4.69) is 15.3 Å². The second-order valence-electron chi connectivity index (χ2n) is 5.28. The van der Waals surface area contributed by atoms with Crippen LogP contribution in [0.15, 0.2) is 36.7 Å². The van der Waals surface area contributed by atoms with Gasteiger partial charge >= 0.3 is 0 Å². The van der Waals surface area contributed by atoms with Crippen LogP contribution in [-0.4, -0.2) is 29.0 Å². The summed E-state index contributed by atoms with van der Waals surface area (Å²) in [5, 5.41) is 3.40. The number of hydrogen-bond acceptors (Lipinski definition) is 4. The van der Waals surface area contributed by atoms with Gasteiger partial charge < -0.3 is 11.1 Å². The Kier molecular flexibility index (Phi) is 3.92. The number of nitrogens with two attached hydrogens (primary N) is 1. The zero-order valence-electron chi connectivity index (χ0n) is 11.7. The summed E-state index contributed by atoms with van der Waals surface area (Å²) in [4.78, 5) is 20.4. The van der Waals surface area contributed by atoms with Crippen molar-refractivity contribution in [3.8, 4) is 11.3 Å². The first kappa shape index (κ1) is 13.7. The van der Waals surface area contributed by atoms with Crippen LogP contribution in [0.4, 0.5) is 0 Å². The number of primary amides is 1. The molecule has 5 nitrogen and oxygen atoms in total. The minimum Gasteiger partial charge on any atom is -0.366 e. The van der Waals surface area contributed by atoms with E-state index in [9.17, 15) is 4.79 Å². The smallest absolute Gasteiger partial charge is 0.248 e. The molecule has 1 aliphatic heterocycles. The quantitative estimate of drug-likeness (QED) is 0.898. The van der Waals surface area contributed by atoms with Crippen LogP contribution >= 0.6 is 0 Å². The summed E-state index contributed by atoms with van der Waals surface area (Å²) in [6.45, 7) is 1.98. The van der Waals surface area contributed by atoms with Crippen LogP contribution < -0.4 is 11.1 Å². The molecule has 1 aromatic carbocycles. The maximum Gasteiger partial charge on any atom is 0.248 e. The summed E-state index contributed by atoms with van der Waals surface area (Å²) in [6.07, 6.45) is 5.66. The number of rotatable bonds is 3. The van der Waals surface area contributed by atoms with E-state index in [0.717, 1.165) is 42.9 Å². The van der Waals surface area contributed by atoms with E-state index >= 15 is 0 Å². The summed E-state index contributed by atoms with van der Waals surface area (Å²) in [5.41, 5.74) is 8.57. The molecule has 0 bridgehead atoms. The van der Waals surface area contributed by atoms with Crippen LogP contribution in [-0.2, 0) is 0 Å². The van der Waals surface area contributed by atoms with E-state index in [4.69, 9.17) is 5.73 Å². The molecule has 1 amide bonds. The lowest BCUT2D eigenvalue weighted by Gasteiger charge is -2.23. The molecule has 108 valence electrons. The molecular weight excluding hydrogens is 264 g/mol. The Morgan fingerprint density at radius 2 is 2.14 bits per heavy atom. The number of piperidine rings is 1. The highest BCUT2D eigenvalue weighted by Gasteiger charge is 2.21. The number of benzene rings is 1. The highest BCUT2D eigenvalue weighted by atomic mass is 16.1. The lowest BCUT2D eigenvalue weighted by atomic mass is 9.92. The van der Waals surface area contributed by atoms with Crippen molar-refractivity contribution in [2.45, 2.75) is 18.8 Å². The van der Waals surface area contributed by atoms with Gasteiger partial charge in [0, 0.05) is 36.0 Å². The molecule has 0 aliphatic carbocycles. The van der Waals surface area contributed by atoms with Gasteiger partial charge in [-0.15, -0.1) is 0 Å². The van der Waals surface area contributed by atoms with E-state index in [1.807, 2.05) is 12.1 Å². The molecule has 1 aromatic heterocycles. The first-order chi connectivity index (χ1) is 10.3. The van der Waals surface area contributed by atoms with Gasteiger partial charge in [-0.25, -0.2) is 0 Å². The lowest BCUT2D eigenvalue weighted by Crippen LogP contribution is -2.29. The summed E-state index contributed by atoms with van der Waals surface area (Å²) in [7, 11) is 0. The average molecular weight is 282 g/mol. The zero-order valence-corrected chi connectivity index (χ0v) is 11.7. The Labute approximate surface area is 123 Å². The maximum absolute atomic E-state index is 11.3. The first-order valence-electron chi connectivity index (χ1n) is 7.17. The molecule has 1 aliphatic rings. The number of carbonyl (C=O) groups is 1. The highest BCUT2D eigenvalue weighted by Crippen LogP contribution is 2.29. The minimum atomic E-state index is -0.429. The Hall–Kier alpha value is -2.27. The molecule has 21 heavy (non-hydrogen) atoms. The van der Waals surface area contributed by atoms with Crippen LogP contribution in [0.3, 0.4) is 0 Å². The fraction of sp³-hybridized carbons (Fsp3) is 0.312. The van der Waals surface area contributed by atoms with Gasteiger partial charge in [0.1, 0.15) is 0 Å². The van der Waals surface area contributed by atoms with Crippen molar-refractivity contribution >= 4 is 5.91 Å². The van der Waals surface area contributed by atoms with Gasteiger partial charge in [-0.05, 0) is 31.5 Å². The number of nitrogens with one attached hydrogen (secondary N) is 1. The summed E-state index contributed by atoms with van der Waals surface area (Å²) >= 11 is 0. The van der Waals surface area contributed by atoms with Gasteiger partial charge in [-0.3, -0.25) is 14.8 Å². The van der Waals surface area contributed by atoms with Crippen molar-refractivity contribution in [2.75, 3.05) is 13.1 Å². The molecule has 0 spiro atoms. The SMILES string of the molecule is NC(=O)c1cccc(-c2nccnc2[C@H]2CCCNC2)c1. The van der Waals surface area contributed by atoms with Crippen molar-refractivity contribution in [1.29, 1.82) is 0 Å². The average Bonchev–Trinajstić information content (AvgIpc) is 2.56. The number of aromatic nitrogens is 2. The number of carbonyl (C=O) groups excluding carboxylic acids is 1. The second kappa shape index (κ2) is 6.01. The largest absolute Gasteiger partial charge is 0.366 e. The van der Waals surface area contributed by atoms with E-state index in [1.54, 1.807) is 24.5 Å². The Morgan fingerprint density at radius 1 is 1.29 bits per heavy atom. The van der Waals surface area contributed by atoms with E-state index in [1.165, 1.54) is 0 Å². The molecule has 1 atom stereocenters. The predicted octanol–water partition coefficient (Wildman–Crippen LogP) is 1.71. The van der Waals surface area contributed by atoms with Gasteiger partial charge in [0.25, 0.3) is 0 Å². The fourth-order valence-corrected chi connectivity index (χ4v) is 2.77. The van der Waals surface area contributed by atoms with E-state index in [-0.39, 0.29) is 0 Å². The topological polar surface area (TPSA) is 80.9 Å². The Balaban J connectivity index is 2.02. The van der Waals surface area contributed by atoms with Crippen LogP contribution in [0.5, 0.6) is 0 Å². The van der Waals surface area contributed by atoms with Gasteiger partial charge in [0.05, 0.1) is 11.4 Å². The van der Waals surface area contributed by atoms with Crippen LogP contribution in [0.25, 0.3) is 11.3 Å². The molecule has 2 aromatic rings. The summed E-state index contributed by atoms with van der Waals surface area (Å²) in [6, 6.07) is 7.26. The van der Waals surface area contributed by atoms with E-state index < -0.39 is 5.91 Å². The fourth-order valence-electron chi connectivity index (χ4n) is 2.77. The van der Waals surface area contributed by atoms with Crippen molar-refractivity contribution < 1.29 is 4.79 Å². The van der Waals surface area contributed by atoms with Crippen molar-refractivity contribution in [2.24, 2.45) is 5.73 Å². The number of amides is 1. The third-order valence-electron chi connectivity index (χ3n) is 3.83. The molecule has 1 saturated heterocycles. The number of hydrogen-bond donors (Lipinski definition) is 2. The summed E-state index contributed by atoms with van der Waals surface area (Å²) in [5.74, 6) is -0.0682. The van der Waals surface area contributed by atoms with Gasteiger partial charge in [-0.1, -0.05) is 12.1 Å². The van der Waals surface area contributed by atoms with Gasteiger partial charge in [-0.2, -0.15) is 0 Å². The maximum atomic E-state index is 11.3. The standard InChI is InChI=1S/C16H18N4O/c17-16(21)12-4-1-3-11(9-12)14-15(20-8-7-19-14)13-5-2-6-18-10-13/h1,3-4,7-9,13,18H,2,5-6,10H2,(H2,17,21)/t13-/m0/s1. The van der Waals surface area contributed by atoms with Gasteiger partial charge in [0.15, 0.2) is 0 Å². The number of nitrogens with zero attached hydrogens (tertiary/aromatic N) is 2. The molecule has 0 radical (unpaired) electrons. The van der Waals surface area contributed by atoms with Crippen molar-refractivity contribution in [3.05, 3.63) is 47.9 Å². The van der Waals surface area contributed by atoms with Crippen LogP contribution in [0.2, 0.25) is 0 Å². The Bertz CT molecular complexity index is 650. The molecular formula is C16H18N4O. The molecule has 2 heterocycles. The third kappa shape index (κ3) is 2.92. The molecule has 1 fully saturated rings. The molecule has 3 N–H and O–H groups in total. The van der Waals surface area contributed by atoms with Crippen molar-refractivity contribution in [1.82, 2.24) is 15.3 Å². The predicted molar refractivity (Wildman–Crippen MR) is 80.8 cm³/mol. The van der Waals surface area contributed by atoms with Crippen LogP contribution in [0.1, 0.15) is 34.8 Å². The zero-order chi connectivity index (χ0) is 14.7. The molecule has 0 saturated carbocycles. The minimum absolute atomic E-state index is 0.361.